The number of nitrogens with two attached hydrogens (primary N) is 1. The first-order chi connectivity index (χ1) is 7.25. The topological polar surface area (TPSA) is 63.8 Å². The Bertz CT molecular complexity index is 420. The van der Waals surface area contributed by atoms with Crippen molar-refractivity contribution in [1.82, 2.24) is 9.97 Å². The first-order valence-electron chi connectivity index (χ1n) is 4.97. The van der Waals surface area contributed by atoms with Crippen LogP contribution < -0.4 is 11.1 Å². The molecule has 0 aliphatic heterocycles. The Morgan fingerprint density at radius 1 is 1.47 bits per heavy atom. The standard InChI is InChI=1S/C11H14N4/c1-8-13-7-6-11(14-8)15-10-5-3-2-4-9(10)12/h2,4,6-7H,3,5,12H2,1H3,(H,13,14,15). The fourth-order valence-electron chi connectivity index (χ4n) is 1.50. The third kappa shape index (κ3) is 2.34. The van der Waals surface area contributed by atoms with Gasteiger partial charge >= 0.3 is 0 Å². The summed E-state index contributed by atoms with van der Waals surface area (Å²) >= 11 is 0. The molecule has 15 heavy (non-hydrogen) atoms. The van der Waals surface area contributed by atoms with Gasteiger partial charge in [-0.2, -0.15) is 0 Å². The molecule has 0 unspecified atom stereocenters. The van der Waals surface area contributed by atoms with Gasteiger partial charge in [0.25, 0.3) is 0 Å². The predicted molar refractivity (Wildman–Crippen MR) is 60.0 cm³/mol. The number of nitrogens with zero attached hydrogens (tertiary/aromatic N) is 2. The van der Waals surface area contributed by atoms with Crippen molar-refractivity contribution in [2.45, 2.75) is 19.8 Å². The van der Waals surface area contributed by atoms with E-state index in [0.29, 0.717) is 0 Å². The van der Waals surface area contributed by atoms with Crippen molar-refractivity contribution >= 4 is 5.82 Å². The summed E-state index contributed by atoms with van der Waals surface area (Å²) in [5.41, 5.74) is 7.68. The van der Waals surface area contributed by atoms with E-state index < -0.39 is 0 Å². The number of nitrogens with one attached hydrogen (secondary N) is 1. The molecule has 0 amide bonds. The van der Waals surface area contributed by atoms with E-state index in [0.717, 1.165) is 35.9 Å². The molecule has 1 heterocycles. The molecule has 0 saturated carbocycles. The first-order valence-corrected chi connectivity index (χ1v) is 4.97. The van der Waals surface area contributed by atoms with Crippen molar-refractivity contribution in [3.63, 3.8) is 0 Å². The minimum atomic E-state index is 0.755. The molecule has 1 aliphatic rings. The largest absolute Gasteiger partial charge is 0.397 e. The van der Waals surface area contributed by atoms with Gasteiger partial charge in [0.1, 0.15) is 11.6 Å². The first kappa shape index (κ1) is 9.71. The molecule has 1 aromatic rings. The third-order valence-corrected chi connectivity index (χ3v) is 2.26. The summed E-state index contributed by atoms with van der Waals surface area (Å²) in [5, 5.41) is 3.22. The molecule has 0 radical (unpaired) electrons. The van der Waals surface area contributed by atoms with Crippen LogP contribution in [-0.2, 0) is 0 Å². The maximum absolute atomic E-state index is 5.85. The highest BCUT2D eigenvalue weighted by Gasteiger charge is 2.06. The van der Waals surface area contributed by atoms with E-state index in [1.54, 1.807) is 6.20 Å². The quantitative estimate of drug-likeness (QED) is 0.766. The molecule has 0 bridgehead atoms. The van der Waals surface area contributed by atoms with Crippen LogP contribution in [0.15, 0.2) is 35.8 Å². The summed E-state index contributed by atoms with van der Waals surface area (Å²) in [5.74, 6) is 1.56. The summed E-state index contributed by atoms with van der Waals surface area (Å²) in [4.78, 5) is 8.31. The SMILES string of the molecule is Cc1nccc(NC2=C(N)C=CCC2)n1. The predicted octanol–water partition coefficient (Wildman–Crippen LogP) is 1.72. The summed E-state index contributed by atoms with van der Waals surface area (Å²) in [6.07, 6.45) is 7.70. The molecule has 4 heteroatoms. The van der Waals surface area contributed by atoms with Crippen LogP contribution in [0.25, 0.3) is 0 Å². The highest BCUT2D eigenvalue weighted by atomic mass is 15.0. The zero-order valence-corrected chi connectivity index (χ0v) is 8.70. The lowest BCUT2D eigenvalue weighted by molar-refractivity contribution is 0.929. The van der Waals surface area contributed by atoms with Gasteiger partial charge in [-0.25, -0.2) is 9.97 Å². The number of aromatic nitrogens is 2. The van der Waals surface area contributed by atoms with Crippen LogP contribution in [0.1, 0.15) is 18.7 Å². The van der Waals surface area contributed by atoms with E-state index in [-0.39, 0.29) is 0 Å². The van der Waals surface area contributed by atoms with Crippen LogP contribution in [0.3, 0.4) is 0 Å². The average Bonchev–Trinajstić information content (AvgIpc) is 2.22. The van der Waals surface area contributed by atoms with Crippen molar-refractivity contribution in [3.05, 3.63) is 41.6 Å². The van der Waals surface area contributed by atoms with Crippen LogP contribution in [0, 0.1) is 6.92 Å². The average molecular weight is 202 g/mol. The van der Waals surface area contributed by atoms with Crippen LogP contribution in [-0.4, -0.2) is 9.97 Å². The maximum atomic E-state index is 5.85. The fourth-order valence-corrected chi connectivity index (χ4v) is 1.50. The smallest absolute Gasteiger partial charge is 0.133 e. The van der Waals surface area contributed by atoms with E-state index in [1.807, 2.05) is 19.1 Å². The zero-order chi connectivity index (χ0) is 10.7. The van der Waals surface area contributed by atoms with Crippen LogP contribution in [0.2, 0.25) is 0 Å². The second-order valence-electron chi connectivity index (χ2n) is 3.49. The van der Waals surface area contributed by atoms with Crippen LogP contribution in [0.4, 0.5) is 5.82 Å². The normalized spacial score (nSPS) is 15.5. The molecule has 0 aromatic carbocycles. The Morgan fingerprint density at radius 2 is 2.33 bits per heavy atom. The lowest BCUT2D eigenvalue weighted by Gasteiger charge is -2.14. The van der Waals surface area contributed by atoms with Crippen molar-refractivity contribution < 1.29 is 0 Å². The summed E-state index contributed by atoms with van der Waals surface area (Å²) < 4.78 is 0. The Labute approximate surface area is 88.9 Å². The van der Waals surface area contributed by atoms with Gasteiger partial charge in [-0.1, -0.05) is 6.08 Å². The molecule has 1 aromatic heterocycles. The Morgan fingerprint density at radius 3 is 3.07 bits per heavy atom. The summed E-state index contributed by atoms with van der Waals surface area (Å²) in [6.45, 7) is 1.86. The van der Waals surface area contributed by atoms with Gasteiger partial charge in [-0.15, -0.1) is 0 Å². The van der Waals surface area contributed by atoms with Gasteiger partial charge in [-0.05, 0) is 31.9 Å². The Hall–Kier alpha value is -1.84. The second-order valence-corrected chi connectivity index (χ2v) is 3.49. The van der Waals surface area contributed by atoms with Crippen LogP contribution in [0.5, 0.6) is 0 Å². The van der Waals surface area contributed by atoms with Gasteiger partial charge in [-0.3, -0.25) is 0 Å². The summed E-state index contributed by atoms with van der Waals surface area (Å²) in [7, 11) is 0. The monoisotopic (exact) mass is 202 g/mol. The minimum Gasteiger partial charge on any atom is -0.397 e. The lowest BCUT2D eigenvalue weighted by Crippen LogP contribution is -2.11. The molecule has 0 spiro atoms. The van der Waals surface area contributed by atoms with Gasteiger partial charge in [0.05, 0.1) is 5.70 Å². The van der Waals surface area contributed by atoms with Crippen molar-refractivity contribution in [1.29, 1.82) is 0 Å². The van der Waals surface area contributed by atoms with E-state index in [9.17, 15) is 0 Å². The number of hydrogen-bond donors (Lipinski definition) is 2. The molecule has 2 rings (SSSR count). The highest BCUT2D eigenvalue weighted by Crippen LogP contribution is 2.17. The molecule has 78 valence electrons. The molecule has 0 saturated heterocycles. The number of anilines is 1. The number of aryl methyl sites for hydroxylation is 1. The molecule has 0 atom stereocenters. The molecule has 1 aliphatic carbocycles. The molecular formula is C11H14N4. The van der Waals surface area contributed by atoms with Gasteiger partial charge in [0.15, 0.2) is 0 Å². The molecular weight excluding hydrogens is 188 g/mol. The Kier molecular flexibility index (Phi) is 2.67. The molecule has 4 nitrogen and oxygen atoms in total. The van der Waals surface area contributed by atoms with Crippen LogP contribution >= 0.6 is 0 Å². The van der Waals surface area contributed by atoms with Crippen molar-refractivity contribution in [2.24, 2.45) is 5.73 Å². The lowest BCUT2D eigenvalue weighted by atomic mass is 10.1. The highest BCUT2D eigenvalue weighted by molar-refractivity contribution is 5.44. The van der Waals surface area contributed by atoms with Gasteiger partial charge in [0.2, 0.25) is 0 Å². The van der Waals surface area contributed by atoms with E-state index >= 15 is 0 Å². The van der Waals surface area contributed by atoms with Crippen molar-refractivity contribution in [3.8, 4) is 0 Å². The van der Waals surface area contributed by atoms with E-state index in [1.165, 1.54) is 0 Å². The maximum Gasteiger partial charge on any atom is 0.133 e. The van der Waals surface area contributed by atoms with Gasteiger partial charge < -0.3 is 11.1 Å². The van der Waals surface area contributed by atoms with Gasteiger partial charge in [0, 0.05) is 11.9 Å². The number of hydrogen-bond acceptors (Lipinski definition) is 4. The third-order valence-electron chi connectivity index (χ3n) is 2.26. The second kappa shape index (κ2) is 4.13. The van der Waals surface area contributed by atoms with E-state index in [2.05, 4.69) is 21.4 Å². The van der Waals surface area contributed by atoms with Crippen molar-refractivity contribution in [2.75, 3.05) is 5.32 Å². The number of rotatable bonds is 2. The summed E-state index contributed by atoms with van der Waals surface area (Å²) in [6, 6.07) is 1.84. The molecule has 3 N–H and O–H groups in total. The fraction of sp³-hybridized carbons (Fsp3) is 0.273. The minimum absolute atomic E-state index is 0.755. The number of allylic oxidation sites excluding steroid dienone is 3. The van der Waals surface area contributed by atoms with E-state index in [4.69, 9.17) is 5.73 Å². The Balaban J connectivity index is 2.18. The molecule has 0 fully saturated rings. The zero-order valence-electron chi connectivity index (χ0n) is 8.70.